The fourth-order valence-electron chi connectivity index (χ4n) is 5.49. The molecule has 40 heavy (non-hydrogen) atoms. The Morgan fingerprint density at radius 3 is 2.30 bits per heavy atom. The summed E-state index contributed by atoms with van der Waals surface area (Å²) in [6, 6.07) is 5.36. The third kappa shape index (κ3) is 4.96. The monoisotopic (exact) mass is 572 g/mol. The number of pyridine rings is 1. The van der Waals surface area contributed by atoms with E-state index in [-0.39, 0.29) is 27.0 Å². The average Bonchev–Trinajstić information content (AvgIpc) is 3.25. The van der Waals surface area contributed by atoms with Crippen LogP contribution in [0.2, 0.25) is 0 Å². The lowest BCUT2D eigenvalue weighted by atomic mass is 9.99. The molecule has 1 saturated heterocycles. The van der Waals surface area contributed by atoms with Crippen LogP contribution in [0.25, 0.3) is 10.8 Å². The van der Waals surface area contributed by atoms with Crippen LogP contribution in [0.4, 0.5) is 30.4 Å². The van der Waals surface area contributed by atoms with Gasteiger partial charge in [0.1, 0.15) is 17.5 Å². The second-order valence-electron chi connectivity index (χ2n) is 10.1. The number of halogens is 3. The summed E-state index contributed by atoms with van der Waals surface area (Å²) in [5, 5.41) is 7.47. The number of piperazine rings is 1. The molecule has 12 heteroatoms. The van der Waals surface area contributed by atoms with Gasteiger partial charge in [0.2, 0.25) is 0 Å². The van der Waals surface area contributed by atoms with Crippen LogP contribution in [0.5, 0.6) is 0 Å². The number of hydrogen-bond acceptors (Lipinski definition) is 6. The highest BCUT2D eigenvalue weighted by Crippen LogP contribution is 2.34. The van der Waals surface area contributed by atoms with Gasteiger partial charge in [0, 0.05) is 64.2 Å². The second kappa shape index (κ2) is 10.6. The summed E-state index contributed by atoms with van der Waals surface area (Å²) in [6.45, 7) is 5.77. The zero-order valence-electron chi connectivity index (χ0n) is 23.0. The highest BCUT2D eigenvalue weighted by atomic mass is 32.2. The van der Waals surface area contributed by atoms with Gasteiger partial charge in [-0.05, 0) is 49.7 Å². The molecule has 3 heterocycles. The molecule has 212 valence electrons. The summed E-state index contributed by atoms with van der Waals surface area (Å²) in [6.07, 6.45) is 3.38. The molecular weight excluding hydrogens is 541 g/mol. The summed E-state index contributed by atoms with van der Waals surface area (Å²) in [5.41, 5.74) is 2.01. The molecule has 4 aromatic rings. The minimum absolute atomic E-state index is 0.0197. The Morgan fingerprint density at radius 1 is 1.00 bits per heavy atom. The van der Waals surface area contributed by atoms with Crippen molar-refractivity contribution in [1.82, 2.24) is 14.3 Å². The largest absolute Gasteiger partial charge is 0.378 e. The fourth-order valence-corrected chi connectivity index (χ4v) is 6.21. The van der Waals surface area contributed by atoms with Crippen molar-refractivity contribution in [2.45, 2.75) is 24.8 Å². The van der Waals surface area contributed by atoms with Gasteiger partial charge in [-0.15, -0.1) is 0 Å². The molecule has 1 unspecified atom stereocenters. The number of nitrogens with one attached hydrogen (secondary N) is 1. The molecule has 2 atom stereocenters. The Kier molecular flexibility index (Phi) is 7.38. The molecule has 1 N–H and O–H groups in total. The minimum Gasteiger partial charge on any atom is -0.378 e. The molecule has 1 fully saturated rings. The summed E-state index contributed by atoms with van der Waals surface area (Å²) < 4.78 is 60.3. The van der Waals surface area contributed by atoms with E-state index < -0.39 is 39.9 Å². The topological polar surface area (TPSA) is 75.4 Å². The van der Waals surface area contributed by atoms with Crippen LogP contribution < -0.4 is 20.7 Å². The van der Waals surface area contributed by atoms with Crippen molar-refractivity contribution < 1.29 is 17.4 Å². The van der Waals surface area contributed by atoms with E-state index in [0.717, 1.165) is 23.5 Å². The van der Waals surface area contributed by atoms with Gasteiger partial charge in [-0.25, -0.2) is 13.2 Å². The standard InChI is InChI=1S/C28H31F3N6O2S/c1-16(32-22-7-6-18(29)14-24(22)40(5)39)20-12-19(30)13-21-25(20)26(31)27(35(4)28(21)38)37-10-8-36(9-11-37)23-15-34(3)33-17(23)2/h6-7,12-16,32H,8-11H2,1-5H3/t16-,40?/m1/s1. The number of aromatic nitrogens is 3. The average molecular weight is 573 g/mol. The minimum atomic E-state index is -1.51. The zero-order valence-corrected chi connectivity index (χ0v) is 23.8. The van der Waals surface area contributed by atoms with Crippen molar-refractivity contribution in [3.63, 3.8) is 0 Å². The Hall–Kier alpha value is -3.80. The molecule has 1 aliphatic heterocycles. The lowest BCUT2D eigenvalue weighted by Crippen LogP contribution is -2.48. The molecule has 1 aliphatic rings. The second-order valence-corrected chi connectivity index (χ2v) is 11.5. The van der Waals surface area contributed by atoms with Gasteiger partial charge in [0.05, 0.1) is 38.1 Å². The number of fused-ring (bicyclic) bond motifs is 1. The van der Waals surface area contributed by atoms with E-state index in [2.05, 4.69) is 15.3 Å². The predicted molar refractivity (Wildman–Crippen MR) is 152 cm³/mol. The maximum atomic E-state index is 16.5. The van der Waals surface area contributed by atoms with Crippen LogP contribution in [0.1, 0.15) is 24.2 Å². The van der Waals surface area contributed by atoms with Crippen molar-refractivity contribution in [3.8, 4) is 0 Å². The fraction of sp³-hybridized carbons (Fsp3) is 0.357. The molecule has 0 radical (unpaired) electrons. The van der Waals surface area contributed by atoms with Gasteiger partial charge in [-0.3, -0.25) is 18.3 Å². The van der Waals surface area contributed by atoms with Crippen LogP contribution in [-0.4, -0.2) is 51.0 Å². The number of hydrogen-bond donors (Lipinski definition) is 1. The first kappa shape index (κ1) is 27.8. The van der Waals surface area contributed by atoms with Crippen LogP contribution in [0.3, 0.4) is 0 Å². The van der Waals surface area contributed by atoms with Crippen LogP contribution in [0.15, 0.2) is 46.2 Å². The third-order valence-electron chi connectivity index (χ3n) is 7.40. The molecule has 0 bridgehead atoms. The molecule has 5 rings (SSSR count). The molecule has 0 spiro atoms. The number of nitrogens with zero attached hydrogens (tertiary/aromatic N) is 5. The lowest BCUT2D eigenvalue weighted by Gasteiger charge is -2.37. The first-order valence-electron chi connectivity index (χ1n) is 12.9. The Balaban J connectivity index is 1.54. The molecule has 8 nitrogen and oxygen atoms in total. The number of anilines is 3. The first-order valence-corrected chi connectivity index (χ1v) is 14.4. The smallest absolute Gasteiger partial charge is 0.260 e. The first-order chi connectivity index (χ1) is 19.0. The molecule has 2 aromatic heterocycles. The number of rotatable bonds is 6. The van der Waals surface area contributed by atoms with Crippen molar-refractivity contribution in [3.05, 3.63) is 75.6 Å². The molecular formula is C28H31F3N6O2S. The summed E-state index contributed by atoms with van der Waals surface area (Å²) in [7, 11) is 1.84. The molecule has 2 aromatic carbocycles. The van der Waals surface area contributed by atoms with Crippen molar-refractivity contribution in [2.75, 3.05) is 47.6 Å². The van der Waals surface area contributed by atoms with Gasteiger partial charge in [0.15, 0.2) is 5.82 Å². The van der Waals surface area contributed by atoms with E-state index >= 15 is 4.39 Å². The maximum Gasteiger partial charge on any atom is 0.260 e. The maximum absolute atomic E-state index is 16.5. The van der Waals surface area contributed by atoms with Crippen molar-refractivity contribution >= 4 is 38.8 Å². The van der Waals surface area contributed by atoms with Crippen LogP contribution in [0, 0.1) is 24.4 Å². The normalized spacial score (nSPS) is 15.5. The highest BCUT2D eigenvalue weighted by Gasteiger charge is 2.28. The Morgan fingerprint density at radius 2 is 1.68 bits per heavy atom. The quantitative estimate of drug-likeness (QED) is 0.373. The van der Waals surface area contributed by atoms with Gasteiger partial charge in [0.25, 0.3) is 5.56 Å². The Labute approximate surface area is 232 Å². The SMILES string of the molecule is Cc1nn(C)cc1N1CCN(c2c(F)c3c([C@@H](C)Nc4ccc(F)cc4S(C)=O)cc(F)cc3c(=O)n2C)CC1. The van der Waals surface area contributed by atoms with E-state index in [1.165, 1.54) is 36.1 Å². The van der Waals surface area contributed by atoms with E-state index in [9.17, 15) is 17.8 Å². The van der Waals surface area contributed by atoms with Crippen molar-refractivity contribution in [2.24, 2.45) is 14.1 Å². The third-order valence-corrected chi connectivity index (χ3v) is 8.36. The van der Waals surface area contributed by atoms with E-state index in [1.54, 1.807) is 11.6 Å². The van der Waals surface area contributed by atoms with Gasteiger partial charge < -0.3 is 15.1 Å². The van der Waals surface area contributed by atoms with Gasteiger partial charge >= 0.3 is 0 Å². The predicted octanol–water partition coefficient (Wildman–Crippen LogP) is 4.23. The van der Waals surface area contributed by atoms with Gasteiger partial charge in [-0.2, -0.15) is 5.10 Å². The van der Waals surface area contributed by atoms with Crippen LogP contribution in [-0.2, 0) is 24.9 Å². The van der Waals surface area contributed by atoms with Gasteiger partial charge in [-0.1, -0.05) is 0 Å². The van der Waals surface area contributed by atoms with Crippen molar-refractivity contribution in [1.29, 1.82) is 0 Å². The summed E-state index contributed by atoms with van der Waals surface area (Å²) in [4.78, 5) is 17.7. The zero-order chi connectivity index (χ0) is 28.9. The number of aryl methyl sites for hydroxylation is 2. The molecule has 0 saturated carbocycles. The highest BCUT2D eigenvalue weighted by molar-refractivity contribution is 7.84. The van der Waals surface area contributed by atoms with E-state index in [4.69, 9.17) is 0 Å². The lowest BCUT2D eigenvalue weighted by molar-refractivity contribution is 0.575. The molecule has 0 amide bonds. The number of benzene rings is 2. The summed E-state index contributed by atoms with van der Waals surface area (Å²) in [5.74, 6) is -1.71. The summed E-state index contributed by atoms with van der Waals surface area (Å²) >= 11 is 0. The Bertz CT molecular complexity index is 1690. The molecule has 0 aliphatic carbocycles. The van der Waals surface area contributed by atoms with E-state index in [1.807, 2.05) is 25.1 Å². The van der Waals surface area contributed by atoms with E-state index in [0.29, 0.717) is 31.9 Å². The van der Waals surface area contributed by atoms with Crippen LogP contribution >= 0.6 is 0 Å².